The Labute approximate surface area is 122 Å². The molecule has 1 aromatic heterocycles. The molecule has 2 aliphatic rings. The molecule has 7 heteroatoms. The van der Waals surface area contributed by atoms with E-state index in [0.717, 1.165) is 6.07 Å². The van der Waals surface area contributed by atoms with Gasteiger partial charge in [-0.1, -0.05) is 0 Å². The predicted octanol–water partition coefficient (Wildman–Crippen LogP) is 1.95. The van der Waals surface area contributed by atoms with Crippen LogP contribution in [0, 0.1) is 0 Å². The zero-order valence-corrected chi connectivity index (χ0v) is 11.0. The van der Waals surface area contributed by atoms with E-state index < -0.39 is 17.6 Å². The lowest BCUT2D eigenvalue weighted by molar-refractivity contribution is 0.243. The molecule has 7 nitrogen and oxygen atoms in total. The first-order valence-corrected chi connectivity index (χ1v) is 6.47. The highest BCUT2D eigenvalue weighted by Crippen LogP contribution is 2.47. The van der Waals surface area contributed by atoms with E-state index in [4.69, 9.17) is 9.15 Å². The van der Waals surface area contributed by atoms with Crippen molar-refractivity contribution in [3.8, 4) is 17.2 Å². The second-order valence-electron chi connectivity index (χ2n) is 5.18. The molecule has 4 rings (SSSR count). The summed E-state index contributed by atoms with van der Waals surface area (Å²) in [6.45, 7) is 0. The lowest BCUT2D eigenvalue weighted by Crippen LogP contribution is -2.21. The summed E-state index contributed by atoms with van der Waals surface area (Å²) in [5, 5.41) is 38.8. The summed E-state index contributed by atoms with van der Waals surface area (Å²) in [5.74, 6) is -1.75. The first kappa shape index (κ1) is 12.6. The van der Waals surface area contributed by atoms with Crippen molar-refractivity contribution in [2.75, 3.05) is 0 Å². The Balaban J connectivity index is 2.05. The van der Waals surface area contributed by atoms with Gasteiger partial charge in [0.15, 0.2) is 11.5 Å². The highest BCUT2D eigenvalue weighted by Gasteiger charge is 2.40. The smallest absolute Gasteiger partial charge is 0.344 e. The number of phenolic OH excluding ortho intramolecular Hbond substituents is 2. The molecule has 2 unspecified atom stereocenters. The number of ether oxygens (including phenoxy) is 1. The monoisotopic (exact) mass is 302 g/mol. The Kier molecular flexibility index (Phi) is 2.28. The van der Waals surface area contributed by atoms with E-state index in [1.807, 2.05) is 0 Å². The zero-order chi connectivity index (χ0) is 15.6. The van der Waals surface area contributed by atoms with Gasteiger partial charge in [-0.05, 0) is 6.08 Å². The van der Waals surface area contributed by atoms with Crippen LogP contribution in [0.4, 0.5) is 0 Å². The maximum atomic E-state index is 12.2. The summed E-state index contributed by atoms with van der Waals surface area (Å²) in [5.41, 5.74) is -0.561. The average molecular weight is 302 g/mol. The minimum atomic E-state index is -0.696. The van der Waals surface area contributed by atoms with Crippen molar-refractivity contribution in [3.05, 3.63) is 51.8 Å². The van der Waals surface area contributed by atoms with Gasteiger partial charge in [-0.3, -0.25) is 0 Å². The van der Waals surface area contributed by atoms with Crippen molar-refractivity contribution in [3.63, 3.8) is 0 Å². The Morgan fingerprint density at radius 1 is 1.00 bits per heavy atom. The number of aromatic hydroxyl groups is 2. The van der Waals surface area contributed by atoms with Gasteiger partial charge in [0.05, 0.1) is 11.5 Å². The fraction of sp³-hybridized carbons (Fsp3) is 0.133. The van der Waals surface area contributed by atoms with Crippen LogP contribution in [0.1, 0.15) is 11.5 Å². The minimum Gasteiger partial charge on any atom is -0.508 e. The molecule has 0 bridgehead atoms. The Bertz CT molecular complexity index is 935. The summed E-state index contributed by atoms with van der Waals surface area (Å²) in [6.07, 6.45) is 1.89. The molecule has 22 heavy (non-hydrogen) atoms. The molecule has 0 radical (unpaired) electrons. The highest BCUT2D eigenvalue weighted by atomic mass is 16.5. The first-order chi connectivity index (χ1) is 10.5. The molecule has 2 heterocycles. The number of phenols is 2. The van der Waals surface area contributed by atoms with E-state index in [2.05, 4.69) is 0 Å². The fourth-order valence-electron chi connectivity index (χ4n) is 2.87. The third-order valence-corrected chi connectivity index (χ3v) is 3.82. The van der Waals surface area contributed by atoms with Gasteiger partial charge in [-0.15, -0.1) is 0 Å². The molecule has 0 spiro atoms. The molecule has 0 saturated heterocycles. The Morgan fingerprint density at radius 2 is 1.73 bits per heavy atom. The fourth-order valence-corrected chi connectivity index (χ4v) is 2.87. The highest BCUT2D eigenvalue weighted by molar-refractivity contribution is 5.92. The maximum Gasteiger partial charge on any atom is 0.344 e. The lowest BCUT2D eigenvalue weighted by atomic mass is 9.91. The van der Waals surface area contributed by atoms with Gasteiger partial charge in [-0.2, -0.15) is 0 Å². The van der Waals surface area contributed by atoms with E-state index >= 15 is 0 Å². The van der Waals surface area contributed by atoms with Crippen molar-refractivity contribution in [2.24, 2.45) is 0 Å². The molecular weight excluding hydrogens is 292 g/mol. The van der Waals surface area contributed by atoms with Gasteiger partial charge < -0.3 is 29.6 Å². The van der Waals surface area contributed by atoms with Crippen LogP contribution in [-0.2, 0) is 0 Å². The molecule has 1 aliphatic heterocycles. The quantitative estimate of drug-likeness (QED) is 0.549. The van der Waals surface area contributed by atoms with E-state index in [0.29, 0.717) is 0 Å². The number of fused-ring (bicyclic) bond motifs is 5. The Hall–Kier alpha value is -3.09. The molecule has 2 aromatic rings. The van der Waals surface area contributed by atoms with E-state index in [9.17, 15) is 25.2 Å². The molecular formula is C15H10O7. The van der Waals surface area contributed by atoms with Gasteiger partial charge in [0.1, 0.15) is 34.3 Å². The van der Waals surface area contributed by atoms with Crippen LogP contribution in [-0.4, -0.2) is 26.5 Å². The van der Waals surface area contributed by atoms with Crippen molar-refractivity contribution in [1.29, 1.82) is 0 Å². The summed E-state index contributed by atoms with van der Waals surface area (Å²) in [6, 6.07) is 2.30. The second kappa shape index (κ2) is 3.97. The van der Waals surface area contributed by atoms with E-state index in [-0.39, 0.29) is 45.3 Å². The lowest BCUT2D eigenvalue weighted by Gasteiger charge is -2.17. The van der Waals surface area contributed by atoms with Crippen molar-refractivity contribution < 1.29 is 29.6 Å². The topological polar surface area (TPSA) is 120 Å². The van der Waals surface area contributed by atoms with Crippen molar-refractivity contribution >= 4 is 11.0 Å². The molecule has 0 fully saturated rings. The summed E-state index contributed by atoms with van der Waals surface area (Å²) in [7, 11) is 0. The zero-order valence-electron chi connectivity index (χ0n) is 11.0. The molecule has 1 aliphatic carbocycles. The van der Waals surface area contributed by atoms with Crippen molar-refractivity contribution in [2.45, 2.75) is 12.0 Å². The number of hydrogen-bond donors (Lipinski definition) is 4. The number of benzene rings is 1. The number of aliphatic hydroxyl groups excluding tert-OH is 2. The first-order valence-electron chi connectivity index (χ1n) is 6.47. The largest absolute Gasteiger partial charge is 0.508 e. The van der Waals surface area contributed by atoms with E-state index in [1.54, 1.807) is 0 Å². The van der Waals surface area contributed by atoms with Crippen LogP contribution < -0.4 is 10.4 Å². The second-order valence-corrected chi connectivity index (χ2v) is 5.18. The molecule has 0 amide bonds. The van der Waals surface area contributed by atoms with Crippen LogP contribution in [0.25, 0.3) is 11.0 Å². The van der Waals surface area contributed by atoms with Gasteiger partial charge in [-0.25, -0.2) is 4.79 Å². The third kappa shape index (κ3) is 1.53. The van der Waals surface area contributed by atoms with Gasteiger partial charge in [0.2, 0.25) is 0 Å². The predicted molar refractivity (Wildman–Crippen MR) is 74.4 cm³/mol. The molecule has 112 valence electrons. The van der Waals surface area contributed by atoms with Crippen LogP contribution in [0.3, 0.4) is 0 Å². The normalized spacial score (nSPS) is 22.5. The maximum absolute atomic E-state index is 12.2. The standard InChI is InChI=1S/C15H10O7/c16-5-1-9(19)13-11(2-5)22-15(20)12-6-3-7(17)8(18)4-10(6)21-14(12)13/h1-4,6,10,16-19H. The number of aliphatic hydroxyl groups is 2. The van der Waals surface area contributed by atoms with E-state index in [1.165, 1.54) is 18.2 Å². The summed E-state index contributed by atoms with van der Waals surface area (Å²) >= 11 is 0. The summed E-state index contributed by atoms with van der Waals surface area (Å²) < 4.78 is 10.8. The minimum absolute atomic E-state index is 0.0127. The van der Waals surface area contributed by atoms with Crippen LogP contribution in [0.15, 0.2) is 45.0 Å². The van der Waals surface area contributed by atoms with Crippen LogP contribution in [0.2, 0.25) is 0 Å². The molecule has 1 aromatic carbocycles. The van der Waals surface area contributed by atoms with Crippen molar-refractivity contribution in [1.82, 2.24) is 0 Å². The molecule has 0 saturated carbocycles. The van der Waals surface area contributed by atoms with Crippen LogP contribution in [0.5, 0.6) is 17.2 Å². The van der Waals surface area contributed by atoms with Gasteiger partial charge in [0.25, 0.3) is 0 Å². The molecule has 2 atom stereocenters. The molecule has 4 N–H and O–H groups in total. The van der Waals surface area contributed by atoms with Gasteiger partial charge in [0, 0.05) is 18.2 Å². The SMILES string of the molecule is O=c1oc2cc(O)cc(O)c2c2c1C1C=C(O)C(O)=CC1O2. The number of hydrogen-bond acceptors (Lipinski definition) is 7. The van der Waals surface area contributed by atoms with Gasteiger partial charge >= 0.3 is 5.63 Å². The average Bonchev–Trinajstić information content (AvgIpc) is 2.77. The summed E-state index contributed by atoms with van der Waals surface area (Å²) in [4.78, 5) is 12.2. The third-order valence-electron chi connectivity index (χ3n) is 3.82. The number of rotatable bonds is 0. The Morgan fingerprint density at radius 3 is 2.50 bits per heavy atom. The van der Waals surface area contributed by atoms with Crippen LogP contribution >= 0.6 is 0 Å².